The van der Waals surface area contributed by atoms with Crippen LogP contribution in [0.15, 0.2) is 22.7 Å². The maximum absolute atomic E-state index is 6.11. The summed E-state index contributed by atoms with van der Waals surface area (Å²) in [5, 5.41) is 4.37. The van der Waals surface area contributed by atoms with Gasteiger partial charge in [-0.25, -0.2) is 0 Å². The molecule has 18 heavy (non-hydrogen) atoms. The third-order valence-electron chi connectivity index (χ3n) is 3.38. The lowest BCUT2D eigenvalue weighted by Gasteiger charge is -2.28. The molecule has 0 bridgehead atoms. The van der Waals surface area contributed by atoms with Crippen LogP contribution in [0.3, 0.4) is 0 Å². The van der Waals surface area contributed by atoms with Crippen molar-refractivity contribution in [3.63, 3.8) is 0 Å². The fourth-order valence-electron chi connectivity index (χ4n) is 2.47. The zero-order valence-electron chi connectivity index (χ0n) is 10.8. The van der Waals surface area contributed by atoms with Gasteiger partial charge in [0.25, 0.3) is 0 Å². The van der Waals surface area contributed by atoms with Gasteiger partial charge in [0.2, 0.25) is 0 Å². The minimum atomic E-state index is 0.648. The number of nitrogens with zero attached hydrogens (tertiary/aromatic N) is 1. The lowest BCUT2D eigenvalue weighted by atomic mass is 10.0. The van der Waals surface area contributed by atoms with E-state index in [-0.39, 0.29) is 0 Å². The largest absolute Gasteiger partial charge is 0.313 e. The lowest BCUT2D eigenvalue weighted by molar-refractivity contribution is 0.256. The van der Waals surface area contributed by atoms with Gasteiger partial charge in [0.15, 0.2) is 0 Å². The van der Waals surface area contributed by atoms with Crippen LogP contribution in [0.1, 0.15) is 24.8 Å². The van der Waals surface area contributed by atoms with Crippen LogP contribution >= 0.6 is 27.5 Å². The minimum Gasteiger partial charge on any atom is -0.313 e. The normalized spacial score (nSPS) is 20.3. The van der Waals surface area contributed by atoms with Crippen molar-refractivity contribution in [2.45, 2.75) is 31.8 Å². The molecule has 1 aliphatic rings. The molecule has 0 amide bonds. The Morgan fingerprint density at radius 2 is 2.28 bits per heavy atom. The van der Waals surface area contributed by atoms with Crippen molar-refractivity contribution in [3.05, 3.63) is 33.3 Å². The van der Waals surface area contributed by atoms with E-state index in [1.165, 1.54) is 31.4 Å². The summed E-state index contributed by atoms with van der Waals surface area (Å²) in [6, 6.07) is 6.83. The van der Waals surface area contributed by atoms with Crippen LogP contribution in [-0.4, -0.2) is 31.1 Å². The van der Waals surface area contributed by atoms with Crippen molar-refractivity contribution < 1.29 is 0 Å². The summed E-state index contributed by atoms with van der Waals surface area (Å²) < 4.78 is 0.963. The van der Waals surface area contributed by atoms with E-state index in [4.69, 9.17) is 11.6 Å². The van der Waals surface area contributed by atoms with Gasteiger partial charge in [-0.1, -0.05) is 24.1 Å². The second kappa shape index (κ2) is 6.90. The van der Waals surface area contributed by atoms with Gasteiger partial charge in [-0.15, -0.1) is 0 Å². The number of benzene rings is 1. The molecule has 2 nitrogen and oxygen atoms in total. The average molecular weight is 332 g/mol. The fourth-order valence-corrected chi connectivity index (χ4v) is 2.92. The highest BCUT2D eigenvalue weighted by Crippen LogP contribution is 2.23. The van der Waals surface area contributed by atoms with Gasteiger partial charge in [0.1, 0.15) is 0 Å². The van der Waals surface area contributed by atoms with Gasteiger partial charge in [0, 0.05) is 23.6 Å². The Morgan fingerprint density at radius 3 is 2.94 bits per heavy atom. The SMILES string of the molecule is CN(Cc1ccc(Br)c(Cl)c1)CC1CCCCN1. The summed E-state index contributed by atoms with van der Waals surface area (Å²) in [5.41, 5.74) is 1.27. The third-order valence-corrected chi connectivity index (χ3v) is 4.61. The summed E-state index contributed by atoms with van der Waals surface area (Å²) in [7, 11) is 2.17. The van der Waals surface area contributed by atoms with Crippen LogP contribution < -0.4 is 5.32 Å². The number of likely N-dealkylation sites (N-methyl/N-ethyl adjacent to an activating group) is 1. The van der Waals surface area contributed by atoms with E-state index in [9.17, 15) is 0 Å². The van der Waals surface area contributed by atoms with Crippen LogP contribution in [0, 0.1) is 0 Å². The maximum Gasteiger partial charge on any atom is 0.0551 e. The first-order valence-corrected chi connectivity index (χ1v) is 7.68. The molecular weight excluding hydrogens is 312 g/mol. The molecule has 1 saturated heterocycles. The molecule has 0 saturated carbocycles. The van der Waals surface area contributed by atoms with E-state index >= 15 is 0 Å². The molecule has 0 aromatic heterocycles. The zero-order valence-corrected chi connectivity index (χ0v) is 13.1. The summed E-state index contributed by atoms with van der Waals surface area (Å²) in [4.78, 5) is 2.36. The Labute approximate surface area is 123 Å². The van der Waals surface area contributed by atoms with Gasteiger partial charge in [-0.05, 0) is 60.1 Å². The topological polar surface area (TPSA) is 15.3 Å². The van der Waals surface area contributed by atoms with Gasteiger partial charge in [-0.2, -0.15) is 0 Å². The Morgan fingerprint density at radius 1 is 1.44 bits per heavy atom. The zero-order chi connectivity index (χ0) is 13.0. The Hall–Kier alpha value is -0.0900. The van der Waals surface area contributed by atoms with Gasteiger partial charge >= 0.3 is 0 Å². The molecule has 1 aromatic carbocycles. The van der Waals surface area contributed by atoms with E-state index in [2.05, 4.69) is 39.3 Å². The molecule has 0 spiro atoms. The molecule has 4 heteroatoms. The second-order valence-corrected chi connectivity index (χ2v) is 6.35. The summed E-state index contributed by atoms with van der Waals surface area (Å²) >= 11 is 9.53. The number of nitrogens with one attached hydrogen (secondary N) is 1. The highest BCUT2D eigenvalue weighted by atomic mass is 79.9. The molecule has 1 aromatic rings. The molecular formula is C14H20BrClN2. The first kappa shape index (κ1) is 14.3. The second-order valence-electron chi connectivity index (χ2n) is 5.09. The van der Waals surface area contributed by atoms with Gasteiger partial charge < -0.3 is 10.2 Å². The summed E-state index contributed by atoms with van der Waals surface area (Å²) in [6.07, 6.45) is 3.98. The quantitative estimate of drug-likeness (QED) is 0.905. The predicted molar refractivity (Wildman–Crippen MR) is 81.1 cm³/mol. The van der Waals surface area contributed by atoms with Crippen molar-refractivity contribution in [3.8, 4) is 0 Å². The molecule has 1 fully saturated rings. The summed E-state index contributed by atoms with van der Waals surface area (Å²) in [6.45, 7) is 3.22. The number of halogens is 2. The van der Waals surface area contributed by atoms with Crippen LogP contribution in [0.2, 0.25) is 5.02 Å². The average Bonchev–Trinajstić information content (AvgIpc) is 2.35. The Bertz CT molecular complexity index is 391. The molecule has 1 unspecified atom stereocenters. The maximum atomic E-state index is 6.11. The van der Waals surface area contributed by atoms with Crippen molar-refractivity contribution in [2.75, 3.05) is 20.1 Å². The highest BCUT2D eigenvalue weighted by molar-refractivity contribution is 9.10. The van der Waals surface area contributed by atoms with Gasteiger partial charge in [-0.3, -0.25) is 0 Å². The smallest absolute Gasteiger partial charge is 0.0551 e. The van der Waals surface area contributed by atoms with Crippen LogP contribution in [0.5, 0.6) is 0 Å². The van der Waals surface area contributed by atoms with Crippen LogP contribution in [-0.2, 0) is 6.54 Å². The first-order valence-electron chi connectivity index (χ1n) is 6.51. The molecule has 2 rings (SSSR count). The molecule has 1 aliphatic heterocycles. The Balaban J connectivity index is 1.85. The number of rotatable bonds is 4. The summed E-state index contributed by atoms with van der Waals surface area (Å²) in [5.74, 6) is 0. The number of hydrogen-bond acceptors (Lipinski definition) is 2. The molecule has 1 atom stereocenters. The van der Waals surface area contributed by atoms with E-state index < -0.39 is 0 Å². The molecule has 100 valence electrons. The van der Waals surface area contributed by atoms with Gasteiger partial charge in [0.05, 0.1) is 5.02 Å². The minimum absolute atomic E-state index is 0.648. The third kappa shape index (κ3) is 4.23. The first-order chi connectivity index (χ1) is 8.65. The van der Waals surface area contributed by atoms with Crippen molar-refractivity contribution in [1.82, 2.24) is 10.2 Å². The molecule has 0 radical (unpaired) electrons. The van der Waals surface area contributed by atoms with Crippen molar-refractivity contribution >= 4 is 27.5 Å². The highest BCUT2D eigenvalue weighted by Gasteiger charge is 2.14. The van der Waals surface area contributed by atoms with Crippen molar-refractivity contribution in [1.29, 1.82) is 0 Å². The number of hydrogen-bond donors (Lipinski definition) is 1. The predicted octanol–water partition coefficient (Wildman–Crippen LogP) is 3.68. The van der Waals surface area contributed by atoms with E-state index in [0.29, 0.717) is 6.04 Å². The standard InChI is InChI=1S/C14H20BrClN2/c1-18(10-12-4-2-3-7-17-12)9-11-5-6-13(15)14(16)8-11/h5-6,8,12,17H,2-4,7,9-10H2,1H3. The lowest BCUT2D eigenvalue weighted by Crippen LogP contribution is -2.42. The molecule has 0 aliphatic carbocycles. The Kier molecular flexibility index (Phi) is 5.49. The van der Waals surface area contributed by atoms with Crippen molar-refractivity contribution in [2.24, 2.45) is 0 Å². The van der Waals surface area contributed by atoms with Crippen LogP contribution in [0.25, 0.3) is 0 Å². The van der Waals surface area contributed by atoms with E-state index in [0.717, 1.165) is 22.6 Å². The molecule has 1 N–H and O–H groups in total. The van der Waals surface area contributed by atoms with E-state index in [1.807, 2.05) is 12.1 Å². The number of piperidine rings is 1. The fraction of sp³-hybridized carbons (Fsp3) is 0.571. The molecule has 1 heterocycles. The van der Waals surface area contributed by atoms with E-state index in [1.54, 1.807) is 0 Å². The monoisotopic (exact) mass is 330 g/mol. The van der Waals surface area contributed by atoms with Crippen LogP contribution in [0.4, 0.5) is 0 Å².